The summed E-state index contributed by atoms with van der Waals surface area (Å²) in [6, 6.07) is 4.72. The summed E-state index contributed by atoms with van der Waals surface area (Å²) >= 11 is 0. The minimum absolute atomic E-state index is 0.196. The van der Waals surface area contributed by atoms with Crippen LogP contribution < -0.4 is 0 Å². The number of rotatable bonds is 5. The second-order valence-corrected chi connectivity index (χ2v) is 6.05. The first-order valence-corrected chi connectivity index (χ1v) is 7.61. The fraction of sp³-hybridized carbons (Fsp3) is 0.471. The average molecular weight is 288 g/mol. The Bertz CT molecular complexity index is 672. The summed E-state index contributed by atoms with van der Waals surface area (Å²) in [5.41, 5.74) is 1.39. The molecule has 1 aromatic heterocycles. The first-order chi connectivity index (χ1) is 10.1. The van der Waals surface area contributed by atoms with E-state index >= 15 is 0 Å². The van der Waals surface area contributed by atoms with Crippen LogP contribution >= 0.6 is 0 Å². The number of aromatic amines is 1. The highest BCUT2D eigenvalue weighted by Gasteiger charge is 2.53. The van der Waals surface area contributed by atoms with E-state index in [4.69, 9.17) is 0 Å². The van der Waals surface area contributed by atoms with E-state index in [1.165, 1.54) is 12.1 Å². The highest BCUT2D eigenvalue weighted by atomic mass is 19.1. The molecule has 0 spiro atoms. The Morgan fingerprint density at radius 2 is 2.19 bits per heavy atom. The second-order valence-electron chi connectivity index (χ2n) is 6.05. The minimum Gasteiger partial charge on any atom is -0.361 e. The van der Waals surface area contributed by atoms with Gasteiger partial charge in [-0.15, -0.1) is 0 Å². The van der Waals surface area contributed by atoms with Crippen LogP contribution in [0.2, 0.25) is 0 Å². The molecule has 0 atom stereocenters. The fourth-order valence-electron chi connectivity index (χ4n) is 3.08. The van der Waals surface area contributed by atoms with Crippen molar-refractivity contribution >= 4 is 16.8 Å². The van der Waals surface area contributed by atoms with Gasteiger partial charge in [0, 0.05) is 30.7 Å². The number of nitrogens with one attached hydrogen (secondary N) is 1. The van der Waals surface area contributed by atoms with E-state index in [9.17, 15) is 9.18 Å². The highest BCUT2D eigenvalue weighted by Crippen LogP contribution is 2.51. The number of fused-ring (bicyclic) bond motifs is 1. The number of H-pyrrole nitrogens is 1. The van der Waals surface area contributed by atoms with Gasteiger partial charge in [-0.25, -0.2) is 4.39 Å². The SMILES string of the molecule is CCCCN(C)C(=O)C1(c2c[nH]c3cc(F)ccc23)CC1. The van der Waals surface area contributed by atoms with Crippen LogP contribution in [0.5, 0.6) is 0 Å². The predicted molar refractivity (Wildman–Crippen MR) is 81.7 cm³/mol. The summed E-state index contributed by atoms with van der Waals surface area (Å²) < 4.78 is 13.3. The molecule has 1 aliphatic rings. The molecule has 1 aliphatic carbocycles. The number of hydrogen-bond donors (Lipinski definition) is 1. The maximum atomic E-state index is 13.3. The zero-order valence-corrected chi connectivity index (χ0v) is 12.6. The molecule has 1 aromatic carbocycles. The van der Waals surface area contributed by atoms with Crippen LogP contribution in [0.3, 0.4) is 0 Å². The van der Waals surface area contributed by atoms with Gasteiger partial charge in [0.05, 0.1) is 5.41 Å². The summed E-state index contributed by atoms with van der Waals surface area (Å²) in [5, 5.41) is 0.964. The molecule has 0 radical (unpaired) electrons. The molecule has 3 rings (SSSR count). The van der Waals surface area contributed by atoms with Crippen LogP contribution in [-0.4, -0.2) is 29.4 Å². The Kier molecular flexibility index (Phi) is 3.47. The van der Waals surface area contributed by atoms with Crippen molar-refractivity contribution in [1.82, 2.24) is 9.88 Å². The third kappa shape index (κ3) is 2.33. The van der Waals surface area contributed by atoms with Crippen molar-refractivity contribution in [2.45, 2.75) is 38.0 Å². The second kappa shape index (κ2) is 5.17. The summed E-state index contributed by atoms with van der Waals surface area (Å²) in [4.78, 5) is 17.7. The van der Waals surface area contributed by atoms with Crippen molar-refractivity contribution in [3.05, 3.63) is 35.8 Å². The molecule has 1 heterocycles. The van der Waals surface area contributed by atoms with Crippen LogP contribution in [0.15, 0.2) is 24.4 Å². The number of unbranched alkanes of at least 4 members (excludes halogenated alkanes) is 1. The summed E-state index contributed by atoms with van der Waals surface area (Å²) in [5.74, 6) is -0.0617. The van der Waals surface area contributed by atoms with E-state index in [-0.39, 0.29) is 11.7 Å². The van der Waals surface area contributed by atoms with Gasteiger partial charge in [0.25, 0.3) is 0 Å². The molecule has 1 saturated carbocycles. The third-order valence-electron chi connectivity index (χ3n) is 4.51. The van der Waals surface area contributed by atoms with E-state index in [0.717, 1.165) is 48.7 Å². The van der Waals surface area contributed by atoms with E-state index in [2.05, 4.69) is 11.9 Å². The molecular formula is C17H21FN2O. The summed E-state index contributed by atoms with van der Waals surface area (Å²) in [6.45, 7) is 2.92. The number of aromatic nitrogens is 1. The van der Waals surface area contributed by atoms with Crippen LogP contribution in [0, 0.1) is 5.82 Å². The lowest BCUT2D eigenvalue weighted by Gasteiger charge is -2.23. The van der Waals surface area contributed by atoms with Crippen LogP contribution in [0.25, 0.3) is 10.9 Å². The Balaban J connectivity index is 1.92. The van der Waals surface area contributed by atoms with Gasteiger partial charge in [-0.3, -0.25) is 4.79 Å². The van der Waals surface area contributed by atoms with Crippen LogP contribution in [0.1, 0.15) is 38.2 Å². The molecule has 0 unspecified atom stereocenters. The van der Waals surface area contributed by atoms with E-state index in [1.54, 1.807) is 6.07 Å². The smallest absolute Gasteiger partial charge is 0.233 e. The van der Waals surface area contributed by atoms with Crippen molar-refractivity contribution in [3.63, 3.8) is 0 Å². The lowest BCUT2D eigenvalue weighted by atomic mass is 9.94. The third-order valence-corrected chi connectivity index (χ3v) is 4.51. The quantitative estimate of drug-likeness (QED) is 0.896. The zero-order chi connectivity index (χ0) is 15.0. The van der Waals surface area contributed by atoms with Gasteiger partial charge in [0.1, 0.15) is 5.82 Å². The first-order valence-electron chi connectivity index (χ1n) is 7.61. The molecule has 21 heavy (non-hydrogen) atoms. The van der Waals surface area contributed by atoms with Crippen molar-refractivity contribution in [2.75, 3.05) is 13.6 Å². The van der Waals surface area contributed by atoms with E-state index in [1.807, 2.05) is 18.1 Å². The van der Waals surface area contributed by atoms with Gasteiger partial charge in [0.2, 0.25) is 5.91 Å². The van der Waals surface area contributed by atoms with Crippen molar-refractivity contribution in [3.8, 4) is 0 Å². The van der Waals surface area contributed by atoms with Crippen LogP contribution in [0.4, 0.5) is 4.39 Å². The summed E-state index contributed by atoms with van der Waals surface area (Å²) in [6.07, 6.45) is 5.75. The topological polar surface area (TPSA) is 36.1 Å². The van der Waals surface area contributed by atoms with Crippen molar-refractivity contribution < 1.29 is 9.18 Å². The van der Waals surface area contributed by atoms with Crippen molar-refractivity contribution in [2.24, 2.45) is 0 Å². The number of likely N-dealkylation sites (N-methyl/N-ethyl adjacent to an activating group) is 1. The molecule has 1 N–H and O–H groups in total. The highest BCUT2D eigenvalue weighted by molar-refractivity contribution is 5.97. The Morgan fingerprint density at radius 1 is 1.43 bits per heavy atom. The Labute approximate surface area is 124 Å². The van der Waals surface area contributed by atoms with E-state index in [0.29, 0.717) is 0 Å². The van der Waals surface area contributed by atoms with Gasteiger partial charge in [-0.2, -0.15) is 0 Å². The number of amides is 1. The van der Waals surface area contributed by atoms with Crippen LogP contribution in [-0.2, 0) is 10.2 Å². The first kappa shape index (κ1) is 14.1. The van der Waals surface area contributed by atoms with Gasteiger partial charge in [-0.1, -0.05) is 13.3 Å². The number of carbonyl (C=O) groups excluding carboxylic acids is 1. The Hall–Kier alpha value is -1.84. The van der Waals surface area contributed by atoms with E-state index < -0.39 is 5.41 Å². The van der Waals surface area contributed by atoms with Crippen molar-refractivity contribution in [1.29, 1.82) is 0 Å². The lowest BCUT2D eigenvalue weighted by molar-refractivity contribution is -0.132. The zero-order valence-electron chi connectivity index (χ0n) is 12.6. The molecule has 1 fully saturated rings. The predicted octanol–water partition coefficient (Wildman–Crippen LogP) is 3.60. The van der Waals surface area contributed by atoms with Gasteiger partial charge < -0.3 is 9.88 Å². The number of halogens is 1. The summed E-state index contributed by atoms with van der Waals surface area (Å²) in [7, 11) is 1.88. The van der Waals surface area contributed by atoms with Gasteiger partial charge in [0.15, 0.2) is 0 Å². The minimum atomic E-state index is -0.390. The number of hydrogen-bond acceptors (Lipinski definition) is 1. The maximum Gasteiger partial charge on any atom is 0.233 e. The number of nitrogens with zero attached hydrogens (tertiary/aromatic N) is 1. The fourth-order valence-corrected chi connectivity index (χ4v) is 3.08. The molecule has 0 aliphatic heterocycles. The average Bonchev–Trinajstić information content (AvgIpc) is 3.18. The standard InChI is InChI=1S/C17H21FN2O/c1-3-4-9-20(2)16(21)17(7-8-17)14-11-19-15-10-12(18)5-6-13(14)15/h5-6,10-11,19H,3-4,7-9H2,1-2H3. The number of carbonyl (C=O) groups is 1. The lowest BCUT2D eigenvalue weighted by Crippen LogP contribution is -2.37. The van der Waals surface area contributed by atoms with Gasteiger partial charge in [-0.05, 0) is 43.0 Å². The number of benzene rings is 1. The molecule has 1 amide bonds. The molecule has 0 bridgehead atoms. The molecule has 112 valence electrons. The molecule has 2 aromatic rings. The molecule has 0 saturated heterocycles. The molecule has 3 nitrogen and oxygen atoms in total. The van der Waals surface area contributed by atoms with Gasteiger partial charge >= 0.3 is 0 Å². The monoisotopic (exact) mass is 288 g/mol. The maximum absolute atomic E-state index is 13.3. The Morgan fingerprint density at radius 3 is 2.86 bits per heavy atom. The largest absolute Gasteiger partial charge is 0.361 e. The molecular weight excluding hydrogens is 267 g/mol. The molecule has 4 heteroatoms. The normalized spacial score (nSPS) is 16.1.